The summed E-state index contributed by atoms with van der Waals surface area (Å²) in [5.74, 6) is -0.452. The third-order valence-electron chi connectivity index (χ3n) is 2.64. The van der Waals surface area contributed by atoms with E-state index in [0.29, 0.717) is 5.56 Å². The molecule has 2 heterocycles. The van der Waals surface area contributed by atoms with Gasteiger partial charge in [0.1, 0.15) is 0 Å². The minimum Gasteiger partial charge on any atom is -0.468 e. The predicted octanol–water partition coefficient (Wildman–Crippen LogP) is 4.18. The average Bonchev–Trinajstić information content (AvgIpc) is 2.94. The Bertz CT molecular complexity index is 732. The van der Waals surface area contributed by atoms with Gasteiger partial charge in [0.2, 0.25) is 11.8 Å². The number of nitrogens with zero attached hydrogens (tertiary/aromatic N) is 1. The molecule has 0 aromatic carbocycles. The summed E-state index contributed by atoms with van der Waals surface area (Å²) in [6.45, 7) is -1.25. The molecule has 0 atom stereocenters. The fraction of sp³-hybridized carbons (Fsp3) is 0.200. The monoisotopic (exact) mass is 420 g/mol. The van der Waals surface area contributed by atoms with Crippen molar-refractivity contribution >= 4 is 39.2 Å². The number of thiophene rings is 1. The number of hydrogen-bond acceptors (Lipinski definition) is 4. The van der Waals surface area contributed by atoms with Crippen molar-refractivity contribution in [1.82, 2.24) is 10.3 Å². The van der Waals surface area contributed by atoms with Crippen LogP contribution in [-0.4, -0.2) is 23.7 Å². The van der Waals surface area contributed by atoms with Gasteiger partial charge in [0.05, 0.1) is 3.79 Å². The van der Waals surface area contributed by atoms with Crippen molar-refractivity contribution in [3.8, 4) is 5.88 Å². The van der Waals surface area contributed by atoms with Crippen LogP contribution in [0, 0.1) is 0 Å². The van der Waals surface area contributed by atoms with Gasteiger partial charge >= 0.3 is 6.18 Å². The van der Waals surface area contributed by atoms with Crippen LogP contribution < -0.4 is 10.1 Å². The molecule has 2 aromatic heterocycles. The molecule has 0 aliphatic carbocycles. The molecule has 1 amide bonds. The summed E-state index contributed by atoms with van der Waals surface area (Å²) in [7, 11) is 0. The maximum absolute atomic E-state index is 12.1. The largest absolute Gasteiger partial charge is 0.468 e. The number of alkyl halides is 3. The van der Waals surface area contributed by atoms with Crippen molar-refractivity contribution in [3.63, 3.8) is 0 Å². The highest BCUT2D eigenvalue weighted by molar-refractivity contribution is 9.11. The number of hydrogen-bond donors (Lipinski definition) is 1. The van der Waals surface area contributed by atoms with Gasteiger partial charge in [0, 0.05) is 29.8 Å². The minimum atomic E-state index is -4.42. The Morgan fingerprint density at radius 2 is 2.17 bits per heavy atom. The Labute approximate surface area is 148 Å². The molecule has 0 unspecified atom stereocenters. The van der Waals surface area contributed by atoms with Gasteiger partial charge in [-0.15, -0.1) is 11.3 Å². The Morgan fingerprint density at radius 1 is 1.38 bits per heavy atom. The summed E-state index contributed by atoms with van der Waals surface area (Å²) in [5.41, 5.74) is 0.586. The third kappa shape index (κ3) is 6.71. The molecule has 0 spiro atoms. The smallest absolute Gasteiger partial charge is 0.422 e. The topological polar surface area (TPSA) is 51.2 Å². The highest BCUT2D eigenvalue weighted by Crippen LogP contribution is 2.23. The maximum Gasteiger partial charge on any atom is 0.422 e. The van der Waals surface area contributed by atoms with E-state index in [4.69, 9.17) is 0 Å². The summed E-state index contributed by atoms with van der Waals surface area (Å²) in [4.78, 5) is 16.4. The zero-order chi connectivity index (χ0) is 17.6. The van der Waals surface area contributed by atoms with E-state index in [1.54, 1.807) is 12.1 Å². The first-order valence-electron chi connectivity index (χ1n) is 6.67. The molecule has 2 aromatic rings. The lowest BCUT2D eigenvalue weighted by atomic mass is 10.2. The van der Waals surface area contributed by atoms with Crippen LogP contribution in [0.1, 0.15) is 10.4 Å². The number of aromatic nitrogens is 1. The first kappa shape index (κ1) is 18.5. The second kappa shape index (κ2) is 8.29. The van der Waals surface area contributed by atoms with Crippen molar-refractivity contribution in [2.24, 2.45) is 0 Å². The van der Waals surface area contributed by atoms with E-state index in [1.807, 2.05) is 12.1 Å². The van der Waals surface area contributed by atoms with Gasteiger partial charge in [0.15, 0.2) is 6.61 Å². The Balaban J connectivity index is 1.85. The first-order valence-corrected chi connectivity index (χ1v) is 8.28. The lowest BCUT2D eigenvalue weighted by Gasteiger charge is -2.09. The van der Waals surface area contributed by atoms with E-state index in [2.05, 4.69) is 31.0 Å². The number of halogens is 4. The molecule has 4 nitrogen and oxygen atoms in total. The Kier molecular flexibility index (Phi) is 6.38. The van der Waals surface area contributed by atoms with E-state index in [1.165, 1.54) is 29.7 Å². The molecule has 0 radical (unpaired) electrons. The zero-order valence-corrected chi connectivity index (χ0v) is 14.5. The minimum absolute atomic E-state index is 0.141. The van der Waals surface area contributed by atoms with E-state index >= 15 is 0 Å². The van der Waals surface area contributed by atoms with Crippen molar-refractivity contribution in [2.75, 3.05) is 6.61 Å². The summed E-state index contributed by atoms with van der Waals surface area (Å²) in [6.07, 6.45) is -0.0323. The molecule has 0 saturated carbocycles. The summed E-state index contributed by atoms with van der Waals surface area (Å²) < 4.78 is 41.8. The maximum atomic E-state index is 12.1. The molecule has 0 bridgehead atoms. The molecule has 0 aliphatic rings. The molecule has 1 N–H and O–H groups in total. The lowest BCUT2D eigenvalue weighted by Crippen LogP contribution is -2.21. The number of pyridine rings is 1. The van der Waals surface area contributed by atoms with Gasteiger partial charge in [0.25, 0.3) is 0 Å². The molecule has 9 heteroatoms. The van der Waals surface area contributed by atoms with E-state index in [0.717, 1.165) is 8.66 Å². The van der Waals surface area contributed by atoms with E-state index in [-0.39, 0.29) is 18.3 Å². The number of ether oxygens (including phenoxy) is 1. The second-order valence-electron chi connectivity index (χ2n) is 4.60. The molecular formula is C15H12BrF3N2O2S. The van der Waals surface area contributed by atoms with Gasteiger partial charge in [-0.3, -0.25) is 4.79 Å². The van der Waals surface area contributed by atoms with Crippen LogP contribution >= 0.6 is 27.3 Å². The third-order valence-corrected chi connectivity index (χ3v) is 4.23. The highest BCUT2D eigenvalue weighted by atomic mass is 79.9. The van der Waals surface area contributed by atoms with Crippen LogP contribution in [-0.2, 0) is 11.3 Å². The highest BCUT2D eigenvalue weighted by Gasteiger charge is 2.28. The number of nitrogens with one attached hydrogen (secondary N) is 1. The van der Waals surface area contributed by atoms with Crippen molar-refractivity contribution in [2.45, 2.75) is 12.7 Å². The number of carbonyl (C=O) groups is 1. The van der Waals surface area contributed by atoms with Crippen molar-refractivity contribution in [1.29, 1.82) is 0 Å². The molecule has 0 aliphatic heterocycles. The molecule has 0 saturated heterocycles. The standard InChI is InChI=1S/C15H12BrF3N2O2S/c16-12-3-1-11(24-12)2-4-13(22)21-8-10-5-6-20-14(7-10)23-9-15(17,18)19/h1-7H,8-9H2,(H,21,22)/b4-2+. The second-order valence-corrected chi connectivity index (χ2v) is 7.09. The van der Waals surface area contributed by atoms with Gasteiger partial charge in [-0.2, -0.15) is 13.2 Å². The summed E-state index contributed by atoms with van der Waals surface area (Å²) in [6, 6.07) is 6.68. The van der Waals surface area contributed by atoms with Crippen LogP contribution in [0.3, 0.4) is 0 Å². The number of amides is 1. The van der Waals surface area contributed by atoms with E-state index < -0.39 is 12.8 Å². The van der Waals surface area contributed by atoms with Gasteiger partial charge in [-0.25, -0.2) is 4.98 Å². The lowest BCUT2D eigenvalue weighted by molar-refractivity contribution is -0.154. The Hall–Kier alpha value is -1.87. The molecule has 0 fully saturated rings. The quantitative estimate of drug-likeness (QED) is 0.713. The van der Waals surface area contributed by atoms with Crippen LogP contribution in [0.15, 0.2) is 40.3 Å². The molecule has 24 heavy (non-hydrogen) atoms. The van der Waals surface area contributed by atoms with Crippen molar-refractivity contribution < 1.29 is 22.7 Å². The number of carbonyl (C=O) groups excluding carboxylic acids is 1. The SMILES string of the molecule is O=C(/C=C/c1ccc(Br)s1)NCc1ccnc(OCC(F)(F)F)c1. The van der Waals surface area contributed by atoms with Crippen LogP contribution in [0.4, 0.5) is 13.2 Å². The molecule has 2 rings (SSSR count). The predicted molar refractivity (Wildman–Crippen MR) is 88.7 cm³/mol. The summed E-state index contributed by atoms with van der Waals surface area (Å²) in [5, 5.41) is 2.64. The fourth-order valence-electron chi connectivity index (χ4n) is 1.62. The van der Waals surface area contributed by atoms with Crippen molar-refractivity contribution in [3.05, 3.63) is 50.8 Å². The Morgan fingerprint density at radius 3 is 2.83 bits per heavy atom. The fourth-order valence-corrected chi connectivity index (χ4v) is 2.95. The van der Waals surface area contributed by atoms with Crippen LogP contribution in [0.25, 0.3) is 6.08 Å². The average molecular weight is 421 g/mol. The molecular weight excluding hydrogens is 409 g/mol. The van der Waals surface area contributed by atoms with Gasteiger partial charge < -0.3 is 10.1 Å². The summed E-state index contributed by atoms with van der Waals surface area (Å²) >= 11 is 4.81. The number of rotatable bonds is 6. The van der Waals surface area contributed by atoms with Gasteiger partial charge in [-0.1, -0.05) is 0 Å². The zero-order valence-electron chi connectivity index (χ0n) is 12.1. The first-order chi connectivity index (χ1) is 11.3. The van der Waals surface area contributed by atoms with Crippen LogP contribution in [0.5, 0.6) is 5.88 Å². The van der Waals surface area contributed by atoms with Gasteiger partial charge in [-0.05, 0) is 45.8 Å². The molecule has 128 valence electrons. The van der Waals surface area contributed by atoms with Crippen LogP contribution in [0.2, 0.25) is 0 Å². The van der Waals surface area contributed by atoms with E-state index in [9.17, 15) is 18.0 Å². The normalized spacial score (nSPS) is 11.7.